The van der Waals surface area contributed by atoms with Crippen LogP contribution in [-0.2, 0) is 27.6 Å². The van der Waals surface area contributed by atoms with Gasteiger partial charge < -0.3 is 15.0 Å². The molecule has 1 heterocycles. The number of nitrogens with one attached hydrogen (secondary N) is 1. The summed E-state index contributed by atoms with van der Waals surface area (Å²) in [6.45, 7) is 2.42. The minimum absolute atomic E-state index is 0.00748. The van der Waals surface area contributed by atoms with Crippen LogP contribution in [0.2, 0.25) is 0 Å². The number of benzene rings is 2. The van der Waals surface area contributed by atoms with Crippen LogP contribution in [0.25, 0.3) is 0 Å². The first-order valence-electron chi connectivity index (χ1n) is 9.79. The van der Waals surface area contributed by atoms with Gasteiger partial charge in [-0.3, -0.25) is 4.79 Å². The van der Waals surface area contributed by atoms with Gasteiger partial charge in [-0.25, -0.2) is 13.6 Å². The summed E-state index contributed by atoms with van der Waals surface area (Å²) >= 11 is 0. The molecule has 2 aromatic carbocycles. The monoisotopic (exact) mass is 415 g/mol. The minimum atomic E-state index is -3.90. The molecule has 1 atom stereocenters. The Balaban J connectivity index is 1.60. The Kier molecular flexibility index (Phi) is 5.58. The van der Waals surface area contributed by atoms with E-state index in [4.69, 9.17) is 9.88 Å². The lowest BCUT2D eigenvalue weighted by molar-refractivity contribution is 0.0932. The lowest BCUT2D eigenvalue weighted by Crippen LogP contribution is -2.41. The van der Waals surface area contributed by atoms with E-state index in [1.807, 2.05) is 17.0 Å². The zero-order valence-corrected chi connectivity index (χ0v) is 17.0. The van der Waals surface area contributed by atoms with Crippen molar-refractivity contribution in [2.45, 2.75) is 30.2 Å². The summed E-state index contributed by atoms with van der Waals surface area (Å²) in [7, 11) is -3.90. The topological polar surface area (TPSA) is 102 Å². The van der Waals surface area contributed by atoms with Gasteiger partial charge in [0.25, 0.3) is 5.91 Å². The molecule has 1 saturated heterocycles. The number of morpholine rings is 1. The molecule has 1 aliphatic carbocycles. The normalized spacial score (nSPS) is 19.5. The summed E-state index contributed by atoms with van der Waals surface area (Å²) in [5.41, 5.74) is 3.60. The second-order valence-corrected chi connectivity index (χ2v) is 9.07. The molecule has 2 aliphatic rings. The number of amides is 1. The molecule has 0 saturated carbocycles. The van der Waals surface area contributed by atoms with Crippen LogP contribution in [0.15, 0.2) is 47.4 Å². The molecule has 8 heteroatoms. The van der Waals surface area contributed by atoms with Gasteiger partial charge in [-0.2, -0.15) is 0 Å². The van der Waals surface area contributed by atoms with Crippen molar-refractivity contribution in [1.29, 1.82) is 0 Å². The number of anilines is 1. The fourth-order valence-corrected chi connectivity index (χ4v) is 4.58. The molecule has 1 aliphatic heterocycles. The predicted molar refractivity (Wildman–Crippen MR) is 111 cm³/mol. The molecule has 0 radical (unpaired) electrons. The highest BCUT2D eigenvalue weighted by Crippen LogP contribution is 2.26. The van der Waals surface area contributed by atoms with Gasteiger partial charge in [0.1, 0.15) is 0 Å². The van der Waals surface area contributed by atoms with Gasteiger partial charge in [-0.15, -0.1) is 0 Å². The summed E-state index contributed by atoms with van der Waals surface area (Å²) in [5.74, 6) is -0.277. The van der Waals surface area contributed by atoms with Gasteiger partial charge in [-0.05, 0) is 48.6 Å². The van der Waals surface area contributed by atoms with E-state index < -0.39 is 10.0 Å². The van der Waals surface area contributed by atoms with Crippen molar-refractivity contribution < 1.29 is 17.9 Å². The molecular weight excluding hydrogens is 390 g/mol. The predicted octanol–water partition coefficient (Wildman–Crippen LogP) is 1.46. The molecule has 2 aromatic rings. The first kappa shape index (κ1) is 19.9. The van der Waals surface area contributed by atoms with Crippen LogP contribution >= 0.6 is 0 Å². The van der Waals surface area contributed by atoms with E-state index in [9.17, 15) is 13.2 Å². The molecule has 3 N–H and O–H groups in total. The number of carbonyl (C=O) groups is 1. The lowest BCUT2D eigenvalue weighted by Gasteiger charge is -2.31. The van der Waals surface area contributed by atoms with Gasteiger partial charge in [0.15, 0.2) is 0 Å². The molecule has 0 bridgehead atoms. The number of nitrogens with two attached hydrogens (primary N) is 1. The van der Waals surface area contributed by atoms with Crippen molar-refractivity contribution >= 4 is 21.6 Å². The number of sulfonamides is 1. The molecule has 4 rings (SSSR count). The quantitative estimate of drug-likeness (QED) is 0.787. The van der Waals surface area contributed by atoms with Gasteiger partial charge in [0.2, 0.25) is 10.0 Å². The van der Waals surface area contributed by atoms with Crippen LogP contribution in [-0.4, -0.2) is 46.7 Å². The molecule has 7 nitrogen and oxygen atoms in total. The number of fused-ring (bicyclic) bond motifs is 1. The zero-order valence-electron chi connectivity index (χ0n) is 16.1. The van der Waals surface area contributed by atoms with E-state index in [1.165, 1.54) is 23.3 Å². The molecule has 154 valence electrons. The van der Waals surface area contributed by atoms with Gasteiger partial charge in [0, 0.05) is 24.8 Å². The van der Waals surface area contributed by atoms with Crippen LogP contribution in [0.3, 0.4) is 0 Å². The summed E-state index contributed by atoms with van der Waals surface area (Å²) in [6.07, 6.45) is 2.53. The Morgan fingerprint density at radius 2 is 1.83 bits per heavy atom. The maximum Gasteiger partial charge on any atom is 0.253 e. The maximum atomic E-state index is 13.2. The fourth-order valence-electron chi connectivity index (χ4n) is 4.04. The van der Waals surface area contributed by atoms with Crippen molar-refractivity contribution in [3.8, 4) is 0 Å². The maximum absolute atomic E-state index is 13.2. The molecule has 1 fully saturated rings. The van der Waals surface area contributed by atoms with Crippen molar-refractivity contribution in [2.24, 2.45) is 5.14 Å². The van der Waals surface area contributed by atoms with E-state index in [0.717, 1.165) is 19.3 Å². The second kappa shape index (κ2) is 8.14. The lowest BCUT2D eigenvalue weighted by atomic mass is 9.88. The number of primary sulfonamides is 1. The SMILES string of the molecule is NS(=O)(=O)c1ccc(N2CCOCC2)c(C(=O)NC2CCc3ccccc3C2)c1. The number of ether oxygens (including phenoxy) is 1. The van der Waals surface area contributed by atoms with E-state index in [0.29, 0.717) is 37.6 Å². The number of nitrogens with zero attached hydrogens (tertiary/aromatic N) is 1. The summed E-state index contributed by atoms with van der Waals surface area (Å²) < 4.78 is 29.1. The van der Waals surface area contributed by atoms with Crippen LogP contribution < -0.4 is 15.4 Å². The first-order valence-corrected chi connectivity index (χ1v) is 11.3. The van der Waals surface area contributed by atoms with E-state index in [-0.39, 0.29) is 16.8 Å². The number of hydrogen-bond acceptors (Lipinski definition) is 5. The van der Waals surface area contributed by atoms with Crippen molar-refractivity contribution in [3.05, 3.63) is 59.2 Å². The van der Waals surface area contributed by atoms with Crippen molar-refractivity contribution in [3.63, 3.8) is 0 Å². The van der Waals surface area contributed by atoms with Crippen LogP contribution in [0, 0.1) is 0 Å². The first-order chi connectivity index (χ1) is 13.9. The highest BCUT2D eigenvalue weighted by Gasteiger charge is 2.25. The van der Waals surface area contributed by atoms with E-state index >= 15 is 0 Å². The Morgan fingerprint density at radius 3 is 2.55 bits per heavy atom. The number of aryl methyl sites for hydroxylation is 1. The molecule has 1 unspecified atom stereocenters. The number of hydrogen-bond donors (Lipinski definition) is 2. The molecule has 0 spiro atoms. The Bertz CT molecular complexity index is 1020. The Morgan fingerprint density at radius 1 is 1.10 bits per heavy atom. The largest absolute Gasteiger partial charge is 0.378 e. The minimum Gasteiger partial charge on any atom is -0.378 e. The van der Waals surface area contributed by atoms with Gasteiger partial charge >= 0.3 is 0 Å². The smallest absolute Gasteiger partial charge is 0.253 e. The number of carbonyl (C=O) groups excluding carboxylic acids is 1. The van der Waals surface area contributed by atoms with Crippen LogP contribution in [0.1, 0.15) is 27.9 Å². The van der Waals surface area contributed by atoms with Crippen molar-refractivity contribution in [2.75, 3.05) is 31.2 Å². The average Bonchev–Trinajstić information content (AvgIpc) is 2.73. The highest BCUT2D eigenvalue weighted by atomic mass is 32.2. The molecule has 1 amide bonds. The standard InChI is InChI=1S/C21H25N3O4S/c22-29(26,27)18-7-8-20(24-9-11-28-12-10-24)19(14-18)21(25)23-17-6-5-15-3-1-2-4-16(15)13-17/h1-4,7-8,14,17H,5-6,9-13H2,(H,23,25)(H2,22,26,27). The molecular formula is C21H25N3O4S. The third-order valence-corrected chi connectivity index (χ3v) is 6.49. The molecule has 29 heavy (non-hydrogen) atoms. The summed E-state index contributed by atoms with van der Waals surface area (Å²) in [6, 6.07) is 12.8. The third-order valence-electron chi connectivity index (χ3n) is 5.58. The number of rotatable bonds is 4. The van der Waals surface area contributed by atoms with Crippen molar-refractivity contribution in [1.82, 2.24) is 5.32 Å². The second-order valence-electron chi connectivity index (χ2n) is 7.51. The van der Waals surface area contributed by atoms with E-state index in [2.05, 4.69) is 17.4 Å². The Hall–Kier alpha value is -2.42. The average molecular weight is 416 g/mol. The summed E-state index contributed by atoms with van der Waals surface area (Å²) in [5, 5.41) is 8.40. The zero-order chi connectivity index (χ0) is 20.4. The third kappa shape index (κ3) is 4.44. The fraction of sp³-hybridized carbons (Fsp3) is 0.381. The molecule has 0 aromatic heterocycles. The van der Waals surface area contributed by atoms with Gasteiger partial charge in [0.05, 0.1) is 23.7 Å². The van der Waals surface area contributed by atoms with Gasteiger partial charge in [-0.1, -0.05) is 24.3 Å². The summed E-state index contributed by atoms with van der Waals surface area (Å²) in [4.78, 5) is 15.1. The van der Waals surface area contributed by atoms with Crippen LogP contribution in [0.5, 0.6) is 0 Å². The van der Waals surface area contributed by atoms with Crippen LogP contribution in [0.4, 0.5) is 5.69 Å². The van der Waals surface area contributed by atoms with E-state index in [1.54, 1.807) is 6.07 Å². The Labute approximate surface area is 170 Å². The highest BCUT2D eigenvalue weighted by molar-refractivity contribution is 7.89.